The zero-order chi connectivity index (χ0) is 10.5. The van der Waals surface area contributed by atoms with Crippen LogP contribution in [0.15, 0.2) is 0 Å². The minimum Gasteiger partial charge on any atom is -0.348 e. The molecule has 0 bridgehead atoms. The molecule has 0 saturated heterocycles. The molecule has 0 atom stereocenters. The van der Waals surface area contributed by atoms with Gasteiger partial charge in [-0.2, -0.15) is 35.3 Å². The van der Waals surface area contributed by atoms with Gasteiger partial charge in [0.05, 0.1) is 0 Å². The van der Waals surface area contributed by atoms with Crippen LogP contribution in [-0.4, -0.2) is 26.0 Å². The molecule has 0 aromatic rings. The van der Waals surface area contributed by atoms with Gasteiger partial charge in [0.25, 0.3) is 0 Å². The zero-order valence-electron chi connectivity index (χ0n) is 6.50. The second-order valence-electron chi connectivity index (χ2n) is 2.29. The smallest absolute Gasteiger partial charge is 0.348 e. The molecule has 0 rings (SSSR count). The quantitative estimate of drug-likeness (QED) is 0.462. The van der Waals surface area contributed by atoms with Crippen molar-refractivity contribution in [2.75, 3.05) is 6.54 Å². The van der Waals surface area contributed by atoms with Crippen LogP contribution in [0.3, 0.4) is 0 Å². The van der Waals surface area contributed by atoms with Crippen molar-refractivity contribution in [3.8, 4) is 0 Å². The summed E-state index contributed by atoms with van der Waals surface area (Å²) in [5.74, 6) is -1.92. The normalized spacial score (nSPS) is 11.8. The second kappa shape index (κ2) is 5.72. The fourth-order valence-electron chi connectivity index (χ4n) is 0.559. The van der Waals surface area contributed by atoms with Crippen LogP contribution in [0.2, 0.25) is 6.04 Å². The summed E-state index contributed by atoms with van der Waals surface area (Å²) >= 11 is 10.9. The van der Waals surface area contributed by atoms with Crippen molar-refractivity contribution in [2.45, 2.75) is 18.6 Å². The van der Waals surface area contributed by atoms with E-state index in [1.54, 1.807) is 5.32 Å². The predicted molar refractivity (Wildman–Crippen MR) is 47.3 cm³/mol. The first-order valence-electron chi connectivity index (χ1n) is 3.47. The van der Waals surface area contributed by atoms with E-state index in [0.717, 1.165) is 0 Å². The molecule has 1 N–H and O–H groups in total. The average molecular weight is 254 g/mol. The van der Waals surface area contributed by atoms with Gasteiger partial charge in [0.1, 0.15) is 0 Å². The lowest BCUT2D eigenvalue weighted by Gasteiger charge is -2.07. The second-order valence-corrected chi connectivity index (χ2v) is 7.48. The minimum atomic E-state index is -4.81. The van der Waals surface area contributed by atoms with Gasteiger partial charge in [-0.25, -0.2) is 0 Å². The number of alkyl halides is 3. The minimum absolute atomic E-state index is 0.0404. The molecule has 13 heavy (non-hydrogen) atoms. The van der Waals surface area contributed by atoms with Gasteiger partial charge in [0.2, 0.25) is 7.42 Å². The van der Waals surface area contributed by atoms with Gasteiger partial charge in [0.15, 0.2) is 0 Å². The lowest BCUT2D eigenvalue weighted by Crippen LogP contribution is -2.37. The molecule has 0 aromatic heterocycles. The van der Waals surface area contributed by atoms with Gasteiger partial charge in [-0.15, -0.1) is 0 Å². The van der Waals surface area contributed by atoms with Crippen molar-refractivity contribution >= 4 is 35.5 Å². The molecule has 0 spiro atoms. The molecular formula is C5H8Cl2F3NOSi. The molecule has 0 aromatic carbocycles. The third-order valence-corrected chi connectivity index (χ3v) is 3.30. The maximum Gasteiger partial charge on any atom is 0.471 e. The van der Waals surface area contributed by atoms with Crippen LogP contribution in [0.1, 0.15) is 6.42 Å². The van der Waals surface area contributed by atoms with Crippen LogP contribution in [-0.2, 0) is 4.79 Å². The number of rotatable bonds is 4. The molecule has 0 fully saturated rings. The van der Waals surface area contributed by atoms with Gasteiger partial charge < -0.3 is 5.32 Å². The Morgan fingerprint density at radius 1 is 1.38 bits per heavy atom. The van der Waals surface area contributed by atoms with E-state index in [-0.39, 0.29) is 6.54 Å². The summed E-state index contributed by atoms with van der Waals surface area (Å²) in [5.41, 5.74) is 0. The Labute approximate surface area is 84.4 Å². The van der Waals surface area contributed by atoms with Crippen molar-refractivity contribution in [2.24, 2.45) is 0 Å². The fourth-order valence-corrected chi connectivity index (χ4v) is 2.00. The van der Waals surface area contributed by atoms with Crippen LogP contribution in [0.25, 0.3) is 0 Å². The van der Waals surface area contributed by atoms with Gasteiger partial charge >= 0.3 is 12.1 Å². The first kappa shape index (κ1) is 13.1. The topological polar surface area (TPSA) is 29.1 Å². The lowest BCUT2D eigenvalue weighted by molar-refractivity contribution is -0.173. The molecule has 0 radical (unpaired) electrons. The molecule has 1 amide bonds. The first-order valence-corrected chi connectivity index (χ1v) is 7.78. The number of hydrogen-bond donors (Lipinski definition) is 1. The highest BCUT2D eigenvalue weighted by Crippen LogP contribution is 2.14. The summed E-state index contributed by atoms with van der Waals surface area (Å²) in [6.45, 7) is -0.0404. The average Bonchev–Trinajstić information content (AvgIpc) is 1.95. The van der Waals surface area contributed by atoms with Crippen LogP contribution in [0.4, 0.5) is 13.2 Å². The van der Waals surface area contributed by atoms with Gasteiger partial charge in [-0.1, -0.05) is 0 Å². The predicted octanol–water partition coefficient (Wildman–Crippen LogP) is 1.75. The van der Waals surface area contributed by atoms with Gasteiger partial charge in [0, 0.05) is 6.54 Å². The van der Waals surface area contributed by atoms with E-state index < -0.39 is 19.5 Å². The number of carbonyl (C=O) groups excluding carboxylic acids is 1. The standard InChI is InChI=1S/C5H8Cl2F3NOSi/c6-13(7)3-1-2-11-4(12)5(8,9)10/h13H,1-3H2,(H,11,12). The number of hydrogen-bond acceptors (Lipinski definition) is 1. The SMILES string of the molecule is O=C(NCCC[SiH](Cl)Cl)C(F)(F)F. The Kier molecular flexibility index (Phi) is 5.74. The summed E-state index contributed by atoms with van der Waals surface area (Å²) < 4.78 is 34.7. The number of carbonyl (C=O) groups is 1. The first-order chi connectivity index (χ1) is 5.84. The van der Waals surface area contributed by atoms with E-state index in [2.05, 4.69) is 0 Å². The summed E-state index contributed by atoms with van der Waals surface area (Å²) in [4.78, 5) is 10.2. The van der Waals surface area contributed by atoms with Crippen molar-refractivity contribution in [3.63, 3.8) is 0 Å². The molecule has 8 heteroatoms. The van der Waals surface area contributed by atoms with Crippen LogP contribution in [0, 0.1) is 0 Å². The van der Waals surface area contributed by atoms with Gasteiger partial charge in [-0.3, -0.25) is 4.79 Å². The lowest BCUT2D eigenvalue weighted by atomic mass is 10.4. The van der Waals surface area contributed by atoms with E-state index in [1.165, 1.54) is 0 Å². The van der Waals surface area contributed by atoms with E-state index >= 15 is 0 Å². The van der Waals surface area contributed by atoms with Gasteiger partial charge in [-0.05, 0) is 12.5 Å². The fraction of sp³-hybridized carbons (Fsp3) is 0.800. The van der Waals surface area contributed by atoms with E-state index in [1.807, 2.05) is 0 Å². The maximum absolute atomic E-state index is 11.6. The Hall–Kier alpha value is 0.0569. The number of nitrogens with one attached hydrogen (secondary N) is 1. The molecule has 0 heterocycles. The Bertz CT molecular complexity index is 176. The third-order valence-electron chi connectivity index (χ3n) is 1.14. The number of amides is 1. The number of halogens is 5. The van der Waals surface area contributed by atoms with Crippen molar-refractivity contribution in [1.82, 2.24) is 5.32 Å². The molecular weight excluding hydrogens is 246 g/mol. The maximum atomic E-state index is 11.6. The van der Waals surface area contributed by atoms with E-state index in [9.17, 15) is 18.0 Å². The molecule has 0 aliphatic heterocycles. The molecule has 2 nitrogen and oxygen atoms in total. The Morgan fingerprint density at radius 3 is 2.31 bits per heavy atom. The zero-order valence-corrected chi connectivity index (χ0v) is 9.16. The highest BCUT2D eigenvalue weighted by atomic mass is 35.7. The van der Waals surface area contributed by atoms with E-state index in [0.29, 0.717) is 12.5 Å². The summed E-state index contributed by atoms with van der Waals surface area (Å²) in [7, 11) is -1.76. The van der Waals surface area contributed by atoms with Crippen molar-refractivity contribution in [3.05, 3.63) is 0 Å². The largest absolute Gasteiger partial charge is 0.471 e. The highest BCUT2D eigenvalue weighted by Gasteiger charge is 2.38. The third kappa shape index (κ3) is 7.15. The van der Waals surface area contributed by atoms with Crippen LogP contribution in [0.5, 0.6) is 0 Å². The Morgan fingerprint density at radius 2 is 1.92 bits per heavy atom. The highest BCUT2D eigenvalue weighted by molar-refractivity contribution is 7.33. The molecule has 0 aliphatic rings. The molecule has 0 aliphatic carbocycles. The molecule has 0 saturated carbocycles. The van der Waals surface area contributed by atoms with E-state index in [4.69, 9.17) is 22.2 Å². The monoisotopic (exact) mass is 253 g/mol. The summed E-state index contributed by atoms with van der Waals surface area (Å²) in [5, 5.41) is 1.72. The molecule has 78 valence electrons. The van der Waals surface area contributed by atoms with Crippen molar-refractivity contribution < 1.29 is 18.0 Å². The van der Waals surface area contributed by atoms with Crippen LogP contribution < -0.4 is 5.32 Å². The summed E-state index contributed by atoms with van der Waals surface area (Å²) in [6.07, 6.45) is -4.43. The van der Waals surface area contributed by atoms with Crippen molar-refractivity contribution in [1.29, 1.82) is 0 Å². The van der Waals surface area contributed by atoms with Crippen LogP contribution >= 0.6 is 22.2 Å². The Balaban J connectivity index is 3.49. The molecule has 0 unspecified atom stereocenters. The summed E-state index contributed by atoms with van der Waals surface area (Å²) in [6, 6.07) is 0.487.